The molecule has 34 heavy (non-hydrogen) atoms. The number of hydrogen-bond acceptors (Lipinski definition) is 2. The molecule has 0 saturated carbocycles. The molecule has 0 aliphatic carbocycles. The summed E-state index contributed by atoms with van der Waals surface area (Å²) in [5.41, 5.74) is 9.09. The van der Waals surface area contributed by atoms with Crippen molar-refractivity contribution in [3.63, 3.8) is 0 Å². The van der Waals surface area contributed by atoms with Crippen LogP contribution in [0.1, 0.15) is 27.8 Å². The van der Waals surface area contributed by atoms with E-state index in [4.69, 9.17) is 5.73 Å². The first-order valence-corrected chi connectivity index (χ1v) is 11.3. The predicted octanol–water partition coefficient (Wildman–Crippen LogP) is 4.54. The third-order valence-electron chi connectivity index (χ3n) is 6.17. The molecule has 2 amide bonds. The Balaban J connectivity index is 1.83. The van der Waals surface area contributed by atoms with Gasteiger partial charge in [-0.25, -0.2) is 0 Å². The normalized spacial score (nSPS) is 12.0. The zero-order valence-corrected chi connectivity index (χ0v) is 19.1. The quantitative estimate of drug-likeness (QED) is 0.389. The van der Waals surface area contributed by atoms with E-state index in [0.717, 1.165) is 27.8 Å². The number of primary amides is 1. The highest BCUT2D eigenvalue weighted by molar-refractivity contribution is 5.98. The molecular formula is C30H28N2O2. The molecule has 0 heterocycles. The average Bonchev–Trinajstić information content (AvgIpc) is 2.87. The molecule has 4 nitrogen and oxygen atoms in total. The molecule has 3 N–H and O–H groups in total. The van der Waals surface area contributed by atoms with Gasteiger partial charge in [0.1, 0.15) is 11.5 Å². The van der Waals surface area contributed by atoms with Gasteiger partial charge in [0, 0.05) is 6.42 Å². The van der Waals surface area contributed by atoms with Crippen molar-refractivity contribution in [2.45, 2.75) is 24.8 Å². The number of amides is 2. The smallest absolute Gasteiger partial charge is 0.240 e. The topological polar surface area (TPSA) is 72.2 Å². The molecule has 4 aromatic rings. The molecule has 4 rings (SSSR count). The molecule has 0 spiro atoms. The standard InChI is InChI=1S/C30H28N2O2/c1-22-17-19-23(20-18-22)21-27(28(31)33)32-29(34)30(24-11-5-2-6-12-24,25-13-7-3-8-14-25)26-15-9-4-10-16-26/h2-20,27H,21H2,1H3,(H2,31,33)(H,32,34)/t27-/m0/s1. The zero-order chi connectivity index (χ0) is 24.0. The third-order valence-corrected chi connectivity index (χ3v) is 6.17. The summed E-state index contributed by atoms with van der Waals surface area (Å²) in [5.74, 6) is -0.871. The van der Waals surface area contributed by atoms with E-state index in [2.05, 4.69) is 5.32 Å². The largest absolute Gasteiger partial charge is 0.368 e. The predicted molar refractivity (Wildman–Crippen MR) is 135 cm³/mol. The maximum absolute atomic E-state index is 14.3. The average molecular weight is 449 g/mol. The van der Waals surface area contributed by atoms with Gasteiger partial charge in [0.05, 0.1) is 0 Å². The van der Waals surface area contributed by atoms with Crippen LogP contribution in [-0.2, 0) is 21.4 Å². The first-order valence-electron chi connectivity index (χ1n) is 11.3. The van der Waals surface area contributed by atoms with Crippen molar-refractivity contribution in [2.75, 3.05) is 0 Å². The lowest BCUT2D eigenvalue weighted by molar-refractivity contribution is -0.129. The molecule has 0 bridgehead atoms. The van der Waals surface area contributed by atoms with Gasteiger partial charge in [-0.3, -0.25) is 9.59 Å². The first-order chi connectivity index (χ1) is 16.5. The maximum Gasteiger partial charge on any atom is 0.240 e. The fourth-order valence-electron chi connectivity index (χ4n) is 4.41. The molecule has 170 valence electrons. The summed E-state index contributed by atoms with van der Waals surface area (Å²) in [5, 5.41) is 3.00. The molecule has 0 radical (unpaired) electrons. The molecule has 0 fully saturated rings. The van der Waals surface area contributed by atoms with Crippen molar-refractivity contribution in [2.24, 2.45) is 5.73 Å². The van der Waals surface area contributed by atoms with Gasteiger partial charge in [-0.15, -0.1) is 0 Å². The number of rotatable bonds is 8. The highest BCUT2D eigenvalue weighted by atomic mass is 16.2. The van der Waals surface area contributed by atoms with Crippen molar-refractivity contribution in [3.8, 4) is 0 Å². The Bertz CT molecular complexity index is 1140. The number of hydrogen-bond donors (Lipinski definition) is 2. The number of carbonyl (C=O) groups is 2. The van der Waals surface area contributed by atoms with Crippen LogP contribution in [0.25, 0.3) is 0 Å². The van der Waals surface area contributed by atoms with Crippen molar-refractivity contribution in [1.82, 2.24) is 5.32 Å². The van der Waals surface area contributed by atoms with Crippen LogP contribution in [0, 0.1) is 6.92 Å². The molecule has 4 aromatic carbocycles. The summed E-state index contributed by atoms with van der Waals surface area (Å²) < 4.78 is 0. The number of carbonyl (C=O) groups excluding carboxylic acids is 2. The van der Waals surface area contributed by atoms with Crippen LogP contribution in [-0.4, -0.2) is 17.9 Å². The van der Waals surface area contributed by atoms with Crippen LogP contribution in [0.3, 0.4) is 0 Å². The number of nitrogens with one attached hydrogen (secondary N) is 1. The van der Waals surface area contributed by atoms with Crippen LogP contribution in [0.2, 0.25) is 0 Å². The van der Waals surface area contributed by atoms with Crippen molar-refractivity contribution >= 4 is 11.8 Å². The highest BCUT2D eigenvalue weighted by Gasteiger charge is 2.44. The number of benzene rings is 4. The van der Waals surface area contributed by atoms with Crippen LogP contribution >= 0.6 is 0 Å². The molecular weight excluding hydrogens is 420 g/mol. The van der Waals surface area contributed by atoms with Crippen LogP contribution in [0.5, 0.6) is 0 Å². The summed E-state index contributed by atoms with van der Waals surface area (Å²) in [6, 6.07) is 36.0. The van der Waals surface area contributed by atoms with Gasteiger partial charge >= 0.3 is 0 Å². The summed E-state index contributed by atoms with van der Waals surface area (Å²) >= 11 is 0. The number of aryl methyl sites for hydroxylation is 1. The SMILES string of the molecule is Cc1ccc(C[C@H](NC(=O)C(c2ccccc2)(c2ccccc2)c2ccccc2)C(N)=O)cc1. The summed E-state index contributed by atoms with van der Waals surface area (Å²) in [6.45, 7) is 2.01. The molecule has 4 heteroatoms. The Morgan fingerprint density at radius 2 is 1.12 bits per heavy atom. The Kier molecular flexibility index (Phi) is 6.88. The van der Waals surface area contributed by atoms with Gasteiger partial charge < -0.3 is 11.1 Å². The van der Waals surface area contributed by atoms with Gasteiger partial charge in [-0.05, 0) is 29.2 Å². The molecule has 0 saturated heterocycles. The minimum atomic E-state index is -1.16. The zero-order valence-electron chi connectivity index (χ0n) is 19.1. The van der Waals surface area contributed by atoms with E-state index in [9.17, 15) is 9.59 Å². The fourth-order valence-corrected chi connectivity index (χ4v) is 4.41. The van der Waals surface area contributed by atoms with Gasteiger partial charge in [-0.2, -0.15) is 0 Å². The lowest BCUT2D eigenvalue weighted by Crippen LogP contribution is -2.54. The molecule has 0 aliphatic heterocycles. The second-order valence-corrected chi connectivity index (χ2v) is 8.47. The van der Waals surface area contributed by atoms with E-state index in [1.54, 1.807) is 0 Å². The maximum atomic E-state index is 14.3. The second-order valence-electron chi connectivity index (χ2n) is 8.47. The van der Waals surface area contributed by atoms with E-state index in [0.29, 0.717) is 6.42 Å². The van der Waals surface area contributed by atoms with Crippen molar-refractivity contribution in [1.29, 1.82) is 0 Å². The van der Waals surface area contributed by atoms with E-state index in [1.807, 2.05) is 122 Å². The van der Waals surface area contributed by atoms with E-state index in [-0.39, 0.29) is 5.91 Å². The molecule has 1 atom stereocenters. The second kappa shape index (κ2) is 10.2. The number of nitrogens with two attached hydrogens (primary N) is 1. The lowest BCUT2D eigenvalue weighted by Gasteiger charge is -2.35. The van der Waals surface area contributed by atoms with E-state index < -0.39 is 17.4 Å². The Morgan fingerprint density at radius 1 is 0.706 bits per heavy atom. The summed E-state index contributed by atoms with van der Waals surface area (Å²) in [4.78, 5) is 26.8. The molecule has 0 unspecified atom stereocenters. The Morgan fingerprint density at radius 3 is 1.50 bits per heavy atom. The minimum absolute atomic E-state index is 0.299. The van der Waals surface area contributed by atoms with Crippen LogP contribution < -0.4 is 11.1 Å². The van der Waals surface area contributed by atoms with Crippen molar-refractivity contribution < 1.29 is 9.59 Å². The third kappa shape index (κ3) is 4.62. The van der Waals surface area contributed by atoms with Gasteiger partial charge in [0.25, 0.3) is 0 Å². The van der Waals surface area contributed by atoms with Gasteiger partial charge in [0.2, 0.25) is 11.8 Å². The Hall–Kier alpha value is -4.18. The van der Waals surface area contributed by atoms with Gasteiger partial charge in [0.15, 0.2) is 0 Å². The summed E-state index contributed by atoms with van der Waals surface area (Å²) in [6.07, 6.45) is 0.315. The van der Waals surface area contributed by atoms with E-state index >= 15 is 0 Å². The molecule has 0 aliphatic rings. The molecule has 0 aromatic heterocycles. The van der Waals surface area contributed by atoms with Crippen LogP contribution in [0.4, 0.5) is 0 Å². The first kappa shape index (κ1) is 23.0. The minimum Gasteiger partial charge on any atom is -0.368 e. The van der Waals surface area contributed by atoms with Gasteiger partial charge in [-0.1, -0.05) is 121 Å². The van der Waals surface area contributed by atoms with Crippen molar-refractivity contribution in [3.05, 3.63) is 143 Å². The summed E-state index contributed by atoms with van der Waals surface area (Å²) in [7, 11) is 0. The highest BCUT2D eigenvalue weighted by Crippen LogP contribution is 2.39. The van der Waals surface area contributed by atoms with Crippen LogP contribution in [0.15, 0.2) is 115 Å². The monoisotopic (exact) mass is 448 g/mol. The lowest BCUT2D eigenvalue weighted by atomic mass is 9.68. The fraction of sp³-hybridized carbons (Fsp3) is 0.133. The van der Waals surface area contributed by atoms with E-state index in [1.165, 1.54) is 0 Å². The Labute approximate surface area is 200 Å².